The fourth-order valence-corrected chi connectivity index (χ4v) is 4.12. The lowest BCUT2D eigenvalue weighted by atomic mass is 10.1. The summed E-state index contributed by atoms with van der Waals surface area (Å²) >= 11 is 0. The molecule has 152 valence electrons. The molecule has 0 fully saturated rings. The molecule has 4 aromatic rings. The normalized spacial score (nSPS) is 11.3. The number of rotatable bonds is 6. The second-order valence-electron chi connectivity index (χ2n) is 8.28. The molecule has 1 heterocycles. The Hall–Kier alpha value is -3.17. The quantitative estimate of drug-likeness (QED) is 0.457. The van der Waals surface area contributed by atoms with Crippen molar-refractivity contribution < 1.29 is 0 Å². The van der Waals surface area contributed by atoms with Crippen LogP contribution < -0.4 is 5.43 Å². The Morgan fingerprint density at radius 1 is 0.733 bits per heavy atom. The van der Waals surface area contributed by atoms with Crippen molar-refractivity contribution >= 4 is 10.9 Å². The third-order valence-electron chi connectivity index (χ3n) is 5.50. The number of aromatic amines is 1. The molecule has 0 bridgehead atoms. The third-order valence-corrected chi connectivity index (χ3v) is 5.50. The number of fused-ring (bicyclic) bond motifs is 1. The van der Waals surface area contributed by atoms with E-state index in [0.717, 1.165) is 40.8 Å². The summed E-state index contributed by atoms with van der Waals surface area (Å²) in [6, 6.07) is 25.1. The zero-order valence-corrected chi connectivity index (χ0v) is 17.9. The zero-order valence-electron chi connectivity index (χ0n) is 17.9. The monoisotopic (exact) mass is 396 g/mol. The summed E-state index contributed by atoms with van der Waals surface area (Å²) in [5.74, 6) is 0. The molecule has 0 saturated carbocycles. The van der Waals surface area contributed by atoms with Gasteiger partial charge >= 0.3 is 0 Å². The molecule has 0 spiro atoms. The summed E-state index contributed by atoms with van der Waals surface area (Å²) in [6.07, 6.45) is 0. The van der Waals surface area contributed by atoms with Crippen molar-refractivity contribution in [2.45, 2.75) is 40.4 Å². The fraction of sp³-hybridized carbons (Fsp3) is 0.222. The van der Waals surface area contributed by atoms with E-state index in [0.29, 0.717) is 6.54 Å². The van der Waals surface area contributed by atoms with Crippen LogP contribution in [0.3, 0.4) is 0 Å². The van der Waals surface area contributed by atoms with Crippen LogP contribution in [0.5, 0.6) is 0 Å². The Morgan fingerprint density at radius 3 is 2.10 bits per heavy atom. The number of hydrogen-bond acceptors (Lipinski definition) is 2. The van der Waals surface area contributed by atoms with Gasteiger partial charge in [-0.1, -0.05) is 66.2 Å². The van der Waals surface area contributed by atoms with Gasteiger partial charge in [0.25, 0.3) is 0 Å². The number of aromatic nitrogens is 1. The molecule has 1 aromatic heterocycles. The highest BCUT2D eigenvalue weighted by atomic mass is 16.1. The molecule has 4 rings (SSSR count). The Bertz CT molecular complexity index is 1210. The summed E-state index contributed by atoms with van der Waals surface area (Å²) in [4.78, 5) is 18.7. The van der Waals surface area contributed by atoms with Crippen molar-refractivity contribution in [3.8, 4) is 0 Å². The third kappa shape index (κ3) is 4.69. The average Bonchev–Trinajstić information content (AvgIpc) is 2.69. The standard InChI is InChI=1S/C27H28N2O/c1-19-9-11-23(12-10-19)17-29(16-22-7-5-4-6-8-22)18-24-15-26(30)27-21(3)13-20(2)14-25(27)28-24/h4-15H,16-18H2,1-3H3,(H,28,30). The second-order valence-corrected chi connectivity index (χ2v) is 8.28. The van der Waals surface area contributed by atoms with Crippen LogP contribution in [0.1, 0.15) is 33.5 Å². The molecular formula is C27H28N2O. The van der Waals surface area contributed by atoms with Gasteiger partial charge < -0.3 is 4.98 Å². The van der Waals surface area contributed by atoms with Gasteiger partial charge in [-0.05, 0) is 49.1 Å². The number of nitrogens with one attached hydrogen (secondary N) is 1. The molecule has 0 aliphatic rings. The van der Waals surface area contributed by atoms with Crippen molar-refractivity contribution in [2.24, 2.45) is 0 Å². The van der Waals surface area contributed by atoms with Gasteiger partial charge in [0.15, 0.2) is 5.43 Å². The molecule has 1 N–H and O–H groups in total. The van der Waals surface area contributed by atoms with E-state index in [1.54, 1.807) is 6.07 Å². The maximum atomic E-state index is 12.8. The highest BCUT2D eigenvalue weighted by Gasteiger charge is 2.12. The van der Waals surface area contributed by atoms with Gasteiger partial charge in [-0.3, -0.25) is 9.69 Å². The highest BCUT2D eigenvalue weighted by Crippen LogP contribution is 2.18. The van der Waals surface area contributed by atoms with Crippen LogP contribution in [-0.2, 0) is 19.6 Å². The van der Waals surface area contributed by atoms with Crippen LogP contribution in [0.15, 0.2) is 77.6 Å². The van der Waals surface area contributed by atoms with Crippen LogP contribution in [0.2, 0.25) is 0 Å². The lowest BCUT2D eigenvalue weighted by Crippen LogP contribution is -2.24. The van der Waals surface area contributed by atoms with Gasteiger partial charge in [-0.2, -0.15) is 0 Å². The number of hydrogen-bond donors (Lipinski definition) is 1. The number of nitrogens with zero attached hydrogens (tertiary/aromatic N) is 1. The summed E-state index contributed by atoms with van der Waals surface area (Å²) in [5, 5.41) is 0.789. The number of H-pyrrole nitrogens is 1. The van der Waals surface area contributed by atoms with Gasteiger partial charge in [-0.25, -0.2) is 0 Å². The highest BCUT2D eigenvalue weighted by molar-refractivity contribution is 5.82. The minimum absolute atomic E-state index is 0.0891. The average molecular weight is 397 g/mol. The number of benzene rings is 3. The largest absolute Gasteiger partial charge is 0.357 e. The fourth-order valence-electron chi connectivity index (χ4n) is 4.12. The van der Waals surface area contributed by atoms with Gasteiger partial charge in [-0.15, -0.1) is 0 Å². The predicted octanol–water partition coefficient (Wildman–Crippen LogP) is 5.66. The molecule has 0 atom stereocenters. The first-order chi connectivity index (χ1) is 14.5. The number of aryl methyl sites for hydroxylation is 3. The van der Waals surface area contributed by atoms with Crippen LogP contribution in [-0.4, -0.2) is 9.88 Å². The van der Waals surface area contributed by atoms with Crippen molar-refractivity contribution in [3.05, 3.63) is 117 Å². The van der Waals surface area contributed by atoms with Crippen molar-refractivity contribution in [1.82, 2.24) is 9.88 Å². The Morgan fingerprint density at radius 2 is 1.40 bits per heavy atom. The molecule has 3 nitrogen and oxygen atoms in total. The lowest BCUT2D eigenvalue weighted by molar-refractivity contribution is 0.245. The Kier molecular flexibility index (Phi) is 5.82. The van der Waals surface area contributed by atoms with E-state index in [1.165, 1.54) is 16.7 Å². The molecule has 3 heteroatoms. The van der Waals surface area contributed by atoms with Crippen LogP contribution >= 0.6 is 0 Å². The minimum atomic E-state index is 0.0891. The maximum Gasteiger partial charge on any atom is 0.189 e. The van der Waals surface area contributed by atoms with E-state index in [1.807, 2.05) is 13.0 Å². The molecule has 0 aliphatic carbocycles. The molecule has 0 radical (unpaired) electrons. The van der Waals surface area contributed by atoms with E-state index in [9.17, 15) is 4.79 Å². The van der Waals surface area contributed by atoms with E-state index < -0.39 is 0 Å². The smallest absolute Gasteiger partial charge is 0.189 e. The first-order valence-electron chi connectivity index (χ1n) is 10.4. The SMILES string of the molecule is Cc1ccc(CN(Cc2ccccc2)Cc2cc(=O)c3c(C)cc(C)cc3[nH]2)cc1. The Balaban J connectivity index is 1.66. The second kappa shape index (κ2) is 8.68. The van der Waals surface area contributed by atoms with Crippen LogP contribution in [0.4, 0.5) is 0 Å². The van der Waals surface area contributed by atoms with Crippen molar-refractivity contribution in [2.75, 3.05) is 0 Å². The Labute approximate surface area is 178 Å². The molecule has 0 saturated heterocycles. The molecule has 0 unspecified atom stereocenters. The first kappa shape index (κ1) is 20.1. The molecule has 3 aromatic carbocycles. The molecule has 0 aliphatic heterocycles. The minimum Gasteiger partial charge on any atom is -0.357 e. The molecule has 30 heavy (non-hydrogen) atoms. The van der Waals surface area contributed by atoms with Gasteiger partial charge in [0.2, 0.25) is 0 Å². The summed E-state index contributed by atoms with van der Waals surface area (Å²) in [7, 11) is 0. The van der Waals surface area contributed by atoms with Gasteiger partial charge in [0.05, 0.1) is 5.52 Å². The van der Waals surface area contributed by atoms with E-state index in [4.69, 9.17) is 0 Å². The number of pyridine rings is 1. The lowest BCUT2D eigenvalue weighted by Gasteiger charge is -2.23. The van der Waals surface area contributed by atoms with E-state index >= 15 is 0 Å². The van der Waals surface area contributed by atoms with E-state index in [-0.39, 0.29) is 5.43 Å². The van der Waals surface area contributed by atoms with E-state index in [2.05, 4.69) is 84.4 Å². The first-order valence-corrected chi connectivity index (χ1v) is 10.4. The predicted molar refractivity (Wildman–Crippen MR) is 125 cm³/mol. The zero-order chi connectivity index (χ0) is 21.1. The summed E-state index contributed by atoms with van der Waals surface area (Å²) in [5.41, 5.74) is 7.94. The maximum absolute atomic E-state index is 12.8. The van der Waals surface area contributed by atoms with Gasteiger partial charge in [0, 0.05) is 36.8 Å². The summed E-state index contributed by atoms with van der Waals surface area (Å²) in [6.45, 7) is 8.50. The molecule has 0 amide bonds. The van der Waals surface area contributed by atoms with Crippen molar-refractivity contribution in [3.63, 3.8) is 0 Å². The van der Waals surface area contributed by atoms with Crippen molar-refractivity contribution in [1.29, 1.82) is 0 Å². The molecular weight excluding hydrogens is 368 g/mol. The van der Waals surface area contributed by atoms with Crippen LogP contribution in [0.25, 0.3) is 10.9 Å². The topological polar surface area (TPSA) is 36.1 Å². The summed E-state index contributed by atoms with van der Waals surface area (Å²) < 4.78 is 0. The van der Waals surface area contributed by atoms with Gasteiger partial charge in [0.1, 0.15) is 0 Å². The van der Waals surface area contributed by atoms with Crippen LogP contribution in [0, 0.1) is 20.8 Å².